The summed E-state index contributed by atoms with van der Waals surface area (Å²) < 4.78 is 5.26. The first-order valence-electron chi connectivity index (χ1n) is 5.29. The molecule has 0 aliphatic heterocycles. The number of carbonyl (C=O) groups is 1. The molecule has 0 amide bonds. The Labute approximate surface area is 89.5 Å². The molecule has 15 heavy (non-hydrogen) atoms. The van der Waals surface area contributed by atoms with E-state index in [9.17, 15) is 4.79 Å². The lowest BCUT2D eigenvalue weighted by atomic mass is 9.93. The molecule has 0 N–H and O–H groups in total. The Morgan fingerprint density at radius 1 is 1.60 bits per heavy atom. The second-order valence-corrected chi connectivity index (χ2v) is 4.05. The largest absolute Gasteiger partial charge is 0.456 e. The van der Waals surface area contributed by atoms with Crippen LogP contribution >= 0.6 is 0 Å². The van der Waals surface area contributed by atoms with Crippen molar-refractivity contribution in [3.05, 3.63) is 29.1 Å². The average molecular weight is 205 g/mol. The van der Waals surface area contributed by atoms with Crippen molar-refractivity contribution in [3.8, 4) is 0 Å². The highest BCUT2D eigenvalue weighted by Crippen LogP contribution is 2.31. The van der Waals surface area contributed by atoms with E-state index >= 15 is 0 Å². The van der Waals surface area contributed by atoms with Crippen LogP contribution in [0.1, 0.15) is 42.7 Å². The molecule has 1 aromatic rings. The molecule has 80 valence electrons. The molecular weight excluding hydrogens is 190 g/mol. The molecule has 0 aromatic carbocycles. The zero-order valence-electron chi connectivity index (χ0n) is 9.12. The number of esters is 1. The Morgan fingerprint density at radius 3 is 3.13 bits per heavy atom. The van der Waals surface area contributed by atoms with E-state index in [1.54, 1.807) is 0 Å². The molecule has 3 heteroatoms. The van der Waals surface area contributed by atoms with Crippen molar-refractivity contribution < 1.29 is 9.53 Å². The first-order chi connectivity index (χ1) is 7.16. The monoisotopic (exact) mass is 205 g/mol. The molecule has 1 aliphatic rings. The zero-order valence-corrected chi connectivity index (χ0v) is 9.12. The number of aryl methyl sites for hydroxylation is 2. The molecule has 1 aromatic heterocycles. The van der Waals surface area contributed by atoms with Crippen LogP contribution in [0.15, 0.2) is 12.3 Å². The van der Waals surface area contributed by atoms with E-state index < -0.39 is 0 Å². The molecule has 1 heterocycles. The molecule has 0 radical (unpaired) electrons. The second kappa shape index (κ2) is 4.01. The lowest BCUT2D eigenvalue weighted by molar-refractivity contribution is -0.147. The van der Waals surface area contributed by atoms with Gasteiger partial charge in [-0.05, 0) is 37.3 Å². The number of aromatic nitrogens is 1. The van der Waals surface area contributed by atoms with Gasteiger partial charge < -0.3 is 4.74 Å². The number of hydrogen-bond acceptors (Lipinski definition) is 3. The number of pyridine rings is 1. The Kier molecular flexibility index (Phi) is 2.71. The minimum atomic E-state index is -0.227. The van der Waals surface area contributed by atoms with Crippen molar-refractivity contribution in [2.24, 2.45) is 0 Å². The van der Waals surface area contributed by atoms with Crippen molar-refractivity contribution >= 4 is 5.97 Å². The average Bonchev–Trinajstić information content (AvgIpc) is 2.16. The van der Waals surface area contributed by atoms with Crippen molar-refractivity contribution in [3.63, 3.8) is 0 Å². The first kappa shape index (κ1) is 10.1. The van der Waals surface area contributed by atoms with Gasteiger partial charge in [0, 0.05) is 13.1 Å². The molecule has 0 spiro atoms. The first-order valence-corrected chi connectivity index (χ1v) is 5.29. The fourth-order valence-corrected chi connectivity index (χ4v) is 2.06. The fraction of sp³-hybridized carbons (Fsp3) is 0.500. The third-order valence-corrected chi connectivity index (χ3v) is 2.66. The minimum absolute atomic E-state index is 0.133. The quantitative estimate of drug-likeness (QED) is 0.660. The molecule has 1 aliphatic carbocycles. The number of fused-ring (bicyclic) bond motifs is 1. The van der Waals surface area contributed by atoms with E-state index in [1.807, 2.05) is 13.1 Å². The highest BCUT2D eigenvalue weighted by molar-refractivity contribution is 5.66. The zero-order chi connectivity index (χ0) is 10.8. The van der Waals surface area contributed by atoms with Gasteiger partial charge in [-0.2, -0.15) is 0 Å². The maximum atomic E-state index is 10.9. The summed E-state index contributed by atoms with van der Waals surface area (Å²) in [6, 6.07) is 2.14. The van der Waals surface area contributed by atoms with Crippen LogP contribution in [0.5, 0.6) is 0 Å². The van der Waals surface area contributed by atoms with Crippen LogP contribution in [0.3, 0.4) is 0 Å². The van der Waals surface area contributed by atoms with Crippen LogP contribution in [-0.2, 0) is 16.0 Å². The van der Waals surface area contributed by atoms with Crippen molar-refractivity contribution in [1.29, 1.82) is 0 Å². The van der Waals surface area contributed by atoms with Gasteiger partial charge in [-0.15, -0.1) is 0 Å². The highest BCUT2D eigenvalue weighted by atomic mass is 16.5. The SMILES string of the molecule is CC(=O)OC1CCCc2cc(C)cnc21. The smallest absolute Gasteiger partial charge is 0.303 e. The normalized spacial score (nSPS) is 19.5. The van der Waals surface area contributed by atoms with Gasteiger partial charge in [-0.1, -0.05) is 6.07 Å². The summed E-state index contributed by atoms with van der Waals surface area (Å²) in [4.78, 5) is 15.3. The molecular formula is C12H15NO2. The molecule has 1 atom stereocenters. The van der Waals surface area contributed by atoms with Gasteiger partial charge in [0.15, 0.2) is 0 Å². The standard InChI is InChI=1S/C12H15NO2/c1-8-6-10-4-3-5-11(15-9(2)14)12(10)13-7-8/h6-7,11H,3-5H2,1-2H3. The Morgan fingerprint density at radius 2 is 2.40 bits per heavy atom. The minimum Gasteiger partial charge on any atom is -0.456 e. The third-order valence-electron chi connectivity index (χ3n) is 2.66. The van der Waals surface area contributed by atoms with Gasteiger partial charge >= 0.3 is 5.97 Å². The Bertz CT molecular complexity index is 387. The molecule has 0 fully saturated rings. The maximum absolute atomic E-state index is 10.9. The predicted octanol–water partition coefficient (Wildman–Crippen LogP) is 2.33. The van der Waals surface area contributed by atoms with Gasteiger partial charge in [0.25, 0.3) is 0 Å². The van der Waals surface area contributed by atoms with Crippen molar-refractivity contribution in [2.75, 3.05) is 0 Å². The Balaban J connectivity index is 2.30. The van der Waals surface area contributed by atoms with Gasteiger partial charge in [0.1, 0.15) is 6.10 Å². The summed E-state index contributed by atoms with van der Waals surface area (Å²) in [6.45, 7) is 3.48. The number of nitrogens with zero attached hydrogens (tertiary/aromatic N) is 1. The fourth-order valence-electron chi connectivity index (χ4n) is 2.06. The predicted molar refractivity (Wildman–Crippen MR) is 56.4 cm³/mol. The maximum Gasteiger partial charge on any atom is 0.303 e. The third kappa shape index (κ3) is 2.17. The summed E-state index contributed by atoms with van der Waals surface area (Å²) in [5.41, 5.74) is 3.34. The van der Waals surface area contributed by atoms with E-state index in [0.29, 0.717) is 0 Å². The van der Waals surface area contributed by atoms with E-state index in [1.165, 1.54) is 12.5 Å². The lowest BCUT2D eigenvalue weighted by Gasteiger charge is -2.24. The van der Waals surface area contributed by atoms with Crippen LogP contribution in [0.4, 0.5) is 0 Å². The number of rotatable bonds is 1. The summed E-state index contributed by atoms with van der Waals surface area (Å²) in [6.07, 6.45) is 4.70. The summed E-state index contributed by atoms with van der Waals surface area (Å²) in [7, 11) is 0. The van der Waals surface area contributed by atoms with E-state index in [2.05, 4.69) is 11.1 Å². The topological polar surface area (TPSA) is 39.2 Å². The molecule has 3 nitrogen and oxygen atoms in total. The summed E-state index contributed by atoms with van der Waals surface area (Å²) in [5, 5.41) is 0. The molecule has 0 bridgehead atoms. The number of carbonyl (C=O) groups excluding carboxylic acids is 1. The molecule has 1 unspecified atom stereocenters. The van der Waals surface area contributed by atoms with Crippen molar-refractivity contribution in [1.82, 2.24) is 4.98 Å². The number of ether oxygens (including phenoxy) is 1. The molecule has 0 saturated carbocycles. The molecule has 2 rings (SSSR count). The second-order valence-electron chi connectivity index (χ2n) is 4.05. The number of hydrogen-bond donors (Lipinski definition) is 0. The van der Waals surface area contributed by atoms with E-state index in [-0.39, 0.29) is 12.1 Å². The van der Waals surface area contributed by atoms with Gasteiger partial charge in [-0.3, -0.25) is 9.78 Å². The van der Waals surface area contributed by atoms with E-state index in [4.69, 9.17) is 4.74 Å². The molecule has 0 saturated heterocycles. The van der Waals surface area contributed by atoms with Crippen LogP contribution < -0.4 is 0 Å². The van der Waals surface area contributed by atoms with E-state index in [0.717, 1.165) is 30.5 Å². The van der Waals surface area contributed by atoms with Gasteiger partial charge in [-0.25, -0.2) is 0 Å². The van der Waals surface area contributed by atoms with Gasteiger partial charge in [0.2, 0.25) is 0 Å². The van der Waals surface area contributed by atoms with Crippen LogP contribution in [0.2, 0.25) is 0 Å². The van der Waals surface area contributed by atoms with Crippen molar-refractivity contribution in [2.45, 2.75) is 39.2 Å². The lowest BCUT2D eigenvalue weighted by Crippen LogP contribution is -2.17. The van der Waals surface area contributed by atoms with Gasteiger partial charge in [0.05, 0.1) is 5.69 Å². The summed E-state index contributed by atoms with van der Waals surface area (Å²) in [5.74, 6) is -0.227. The Hall–Kier alpha value is -1.38. The van der Waals surface area contributed by atoms with Crippen LogP contribution in [0.25, 0.3) is 0 Å². The van der Waals surface area contributed by atoms with Crippen LogP contribution in [0, 0.1) is 6.92 Å². The van der Waals surface area contributed by atoms with Crippen LogP contribution in [-0.4, -0.2) is 11.0 Å². The summed E-state index contributed by atoms with van der Waals surface area (Å²) >= 11 is 0. The highest BCUT2D eigenvalue weighted by Gasteiger charge is 2.23.